The Morgan fingerprint density at radius 1 is 1.06 bits per heavy atom. The van der Waals surface area contributed by atoms with Gasteiger partial charge in [-0.2, -0.15) is 0 Å². The van der Waals surface area contributed by atoms with Crippen molar-refractivity contribution < 1.29 is 23.9 Å². The van der Waals surface area contributed by atoms with Crippen LogP contribution in [0.1, 0.15) is 73.2 Å². The molecule has 188 valence electrons. The van der Waals surface area contributed by atoms with Crippen LogP contribution in [0.4, 0.5) is 5.69 Å². The van der Waals surface area contributed by atoms with Crippen LogP contribution in [-0.2, 0) is 20.7 Å². The second kappa shape index (κ2) is 12.3. The number of hydrogen-bond acceptors (Lipinski definition) is 5. The highest BCUT2D eigenvalue weighted by Crippen LogP contribution is 2.36. The van der Waals surface area contributed by atoms with Gasteiger partial charge in [-0.1, -0.05) is 62.2 Å². The van der Waals surface area contributed by atoms with Gasteiger partial charge in [-0.15, -0.1) is 0 Å². The molecule has 7 heteroatoms. The molecular weight excluding hydrogens is 510 g/mol. The number of hydrogen-bond donors (Lipinski definition) is 1. The predicted molar refractivity (Wildman–Crippen MR) is 139 cm³/mol. The molecule has 1 aliphatic carbocycles. The maximum absolute atomic E-state index is 13.1. The molecule has 0 aliphatic heterocycles. The topological polar surface area (TPSA) is 81.7 Å². The molecule has 2 aromatic rings. The number of anilines is 1. The minimum atomic E-state index is -0.739. The summed E-state index contributed by atoms with van der Waals surface area (Å²) < 4.78 is 12.1. The van der Waals surface area contributed by atoms with Gasteiger partial charge in [0, 0.05) is 10.2 Å². The average Bonchev–Trinajstić information content (AvgIpc) is 2.83. The smallest absolute Gasteiger partial charge is 0.339 e. The first-order valence-corrected chi connectivity index (χ1v) is 13.0. The van der Waals surface area contributed by atoms with Crippen LogP contribution in [0.3, 0.4) is 0 Å². The van der Waals surface area contributed by atoms with E-state index in [1.54, 1.807) is 24.3 Å². The van der Waals surface area contributed by atoms with Gasteiger partial charge in [0.25, 0.3) is 5.91 Å². The number of carbonyl (C=O) groups is 3. The van der Waals surface area contributed by atoms with Crippen molar-refractivity contribution in [1.29, 1.82) is 0 Å². The van der Waals surface area contributed by atoms with Gasteiger partial charge in [0.05, 0.1) is 11.1 Å². The van der Waals surface area contributed by atoms with Crippen molar-refractivity contribution >= 4 is 39.5 Å². The Bertz CT molecular complexity index is 1070. The number of amides is 1. The lowest BCUT2D eigenvalue weighted by molar-refractivity contribution is -0.119. The van der Waals surface area contributed by atoms with Crippen molar-refractivity contribution in [3.05, 3.63) is 63.6 Å². The van der Waals surface area contributed by atoms with E-state index in [0.717, 1.165) is 35.7 Å². The van der Waals surface area contributed by atoms with Crippen LogP contribution in [0.15, 0.2) is 46.9 Å². The maximum Gasteiger partial charge on any atom is 0.339 e. The van der Waals surface area contributed by atoms with E-state index >= 15 is 0 Å². The van der Waals surface area contributed by atoms with Crippen molar-refractivity contribution in [1.82, 2.24) is 0 Å². The number of carbonyl (C=O) groups excluding carboxylic acids is 3. The Balaban J connectivity index is 1.65. The third-order valence-electron chi connectivity index (χ3n) is 6.64. The number of halogens is 1. The second-order valence-corrected chi connectivity index (χ2v) is 10.5. The number of aryl methyl sites for hydroxylation is 1. The summed E-state index contributed by atoms with van der Waals surface area (Å²) in [5.74, 6) is -0.541. The molecular formula is C28H34BrNO5. The fraction of sp³-hybridized carbons (Fsp3) is 0.464. The van der Waals surface area contributed by atoms with Gasteiger partial charge in [0.2, 0.25) is 0 Å². The molecule has 0 radical (unpaired) electrons. The minimum absolute atomic E-state index is 0.0909. The summed E-state index contributed by atoms with van der Waals surface area (Å²) in [5, 5.41) is 2.78. The van der Waals surface area contributed by atoms with E-state index in [1.165, 1.54) is 6.07 Å². The lowest BCUT2D eigenvalue weighted by atomic mass is 9.75. The molecule has 0 unspecified atom stereocenters. The normalized spacial score (nSPS) is 19.8. The highest BCUT2D eigenvalue weighted by Gasteiger charge is 2.34. The third kappa shape index (κ3) is 7.17. The molecule has 3 atom stereocenters. The summed E-state index contributed by atoms with van der Waals surface area (Å²) in [7, 11) is 0. The van der Waals surface area contributed by atoms with Crippen LogP contribution in [0.2, 0.25) is 0 Å². The molecule has 0 bridgehead atoms. The number of esters is 2. The van der Waals surface area contributed by atoms with Crippen LogP contribution in [-0.4, -0.2) is 30.6 Å². The van der Waals surface area contributed by atoms with E-state index in [0.29, 0.717) is 23.4 Å². The van der Waals surface area contributed by atoms with Gasteiger partial charge in [-0.05, 0) is 72.9 Å². The van der Waals surface area contributed by atoms with Gasteiger partial charge in [0.1, 0.15) is 6.10 Å². The van der Waals surface area contributed by atoms with E-state index in [1.807, 2.05) is 19.1 Å². The average molecular weight is 544 g/mol. The van der Waals surface area contributed by atoms with E-state index < -0.39 is 24.5 Å². The van der Waals surface area contributed by atoms with Crippen LogP contribution in [0, 0.1) is 17.8 Å². The highest BCUT2D eigenvalue weighted by atomic mass is 79.9. The molecule has 6 nitrogen and oxygen atoms in total. The molecule has 3 rings (SSSR count). The summed E-state index contributed by atoms with van der Waals surface area (Å²) in [4.78, 5) is 38.3. The van der Waals surface area contributed by atoms with Gasteiger partial charge >= 0.3 is 11.9 Å². The molecule has 0 saturated heterocycles. The molecule has 1 amide bonds. The van der Waals surface area contributed by atoms with Crippen LogP contribution in [0.5, 0.6) is 0 Å². The van der Waals surface area contributed by atoms with E-state index in [9.17, 15) is 14.4 Å². The van der Waals surface area contributed by atoms with Crippen LogP contribution < -0.4 is 5.32 Å². The molecule has 0 heterocycles. The molecule has 1 saturated carbocycles. The molecule has 0 aromatic heterocycles. The standard InChI is InChI=1S/C28H34BrNO5/c1-5-19-15-20(29)11-13-24(19)30-26(31)16-34-27(32)22-8-6-7-9-23(22)28(33)35-25-14-18(4)10-12-21(25)17(2)3/h6-9,11,13,15,17-18,21,25H,5,10,12,14,16H2,1-4H3,(H,30,31)/t18-,21-,25-/m1/s1. The first-order valence-electron chi connectivity index (χ1n) is 12.2. The van der Waals surface area contributed by atoms with Crippen molar-refractivity contribution in [2.75, 3.05) is 11.9 Å². The van der Waals surface area contributed by atoms with E-state index in [2.05, 4.69) is 42.0 Å². The maximum atomic E-state index is 13.1. The Kier molecular flexibility index (Phi) is 9.49. The molecule has 35 heavy (non-hydrogen) atoms. The first kappa shape index (κ1) is 26.9. The highest BCUT2D eigenvalue weighted by molar-refractivity contribution is 9.10. The minimum Gasteiger partial charge on any atom is -0.458 e. The van der Waals surface area contributed by atoms with Gasteiger partial charge in [-0.25, -0.2) is 9.59 Å². The van der Waals surface area contributed by atoms with Crippen molar-refractivity contribution in [2.45, 2.75) is 59.5 Å². The number of rotatable bonds is 8. The zero-order valence-corrected chi connectivity index (χ0v) is 22.4. The fourth-order valence-corrected chi connectivity index (χ4v) is 5.07. The summed E-state index contributed by atoms with van der Waals surface area (Å²) in [5.41, 5.74) is 1.87. The molecule has 1 N–H and O–H groups in total. The SMILES string of the molecule is CCc1cc(Br)ccc1NC(=O)COC(=O)c1ccccc1C(=O)O[C@@H]1C[C@H](C)CC[C@@H]1C(C)C. The summed E-state index contributed by atoms with van der Waals surface area (Å²) >= 11 is 3.42. The Hall–Kier alpha value is -2.67. The summed E-state index contributed by atoms with van der Waals surface area (Å²) in [6, 6.07) is 12.0. The lowest BCUT2D eigenvalue weighted by Crippen LogP contribution is -2.36. The molecule has 0 spiro atoms. The van der Waals surface area contributed by atoms with Gasteiger partial charge in [0.15, 0.2) is 6.61 Å². The number of benzene rings is 2. The third-order valence-corrected chi connectivity index (χ3v) is 7.14. The van der Waals surface area contributed by atoms with E-state index in [4.69, 9.17) is 9.47 Å². The first-order chi connectivity index (χ1) is 16.7. The van der Waals surface area contributed by atoms with E-state index in [-0.39, 0.29) is 17.2 Å². The molecule has 1 fully saturated rings. The van der Waals surface area contributed by atoms with Crippen molar-refractivity contribution in [3.8, 4) is 0 Å². The number of nitrogens with one attached hydrogen (secondary N) is 1. The lowest BCUT2D eigenvalue weighted by Gasteiger charge is -2.36. The Morgan fingerprint density at radius 3 is 2.40 bits per heavy atom. The fourth-order valence-electron chi connectivity index (χ4n) is 4.66. The van der Waals surface area contributed by atoms with Crippen LogP contribution >= 0.6 is 15.9 Å². The summed E-state index contributed by atoms with van der Waals surface area (Å²) in [6.07, 6.45) is 3.52. The summed E-state index contributed by atoms with van der Waals surface area (Å²) in [6.45, 7) is 8.00. The monoisotopic (exact) mass is 543 g/mol. The predicted octanol–water partition coefficient (Wildman–Crippen LogP) is 6.42. The van der Waals surface area contributed by atoms with Gasteiger partial charge < -0.3 is 14.8 Å². The second-order valence-electron chi connectivity index (χ2n) is 9.59. The molecule has 1 aliphatic rings. The Morgan fingerprint density at radius 2 is 1.74 bits per heavy atom. The van der Waals surface area contributed by atoms with Crippen LogP contribution in [0.25, 0.3) is 0 Å². The zero-order chi connectivity index (χ0) is 25.5. The Labute approximate surface area is 215 Å². The van der Waals surface area contributed by atoms with Gasteiger partial charge in [-0.3, -0.25) is 4.79 Å². The quantitative estimate of drug-likeness (QED) is 0.388. The largest absolute Gasteiger partial charge is 0.458 e. The number of ether oxygens (including phenoxy) is 2. The zero-order valence-electron chi connectivity index (χ0n) is 20.8. The van der Waals surface area contributed by atoms with Crippen molar-refractivity contribution in [3.63, 3.8) is 0 Å². The molecule has 2 aromatic carbocycles. The van der Waals surface area contributed by atoms with Crippen molar-refractivity contribution in [2.24, 2.45) is 17.8 Å².